The molecule has 27 heavy (non-hydrogen) atoms. The van der Waals surface area contributed by atoms with Gasteiger partial charge in [-0.05, 0) is 31.9 Å². The second-order valence-corrected chi connectivity index (χ2v) is 7.31. The van der Waals surface area contributed by atoms with Crippen molar-refractivity contribution in [1.29, 1.82) is 0 Å². The summed E-state index contributed by atoms with van der Waals surface area (Å²) in [6.45, 7) is 5.82. The Hall–Kier alpha value is -2.80. The lowest BCUT2D eigenvalue weighted by Crippen LogP contribution is -2.36. The normalized spacial score (nSPS) is 11.4. The first-order valence-electron chi connectivity index (χ1n) is 8.23. The van der Waals surface area contributed by atoms with Gasteiger partial charge in [0.25, 0.3) is 5.56 Å². The van der Waals surface area contributed by atoms with Crippen LogP contribution in [0, 0.1) is 6.08 Å². The minimum Gasteiger partial charge on any atom is -0.485 e. The van der Waals surface area contributed by atoms with Gasteiger partial charge >= 0.3 is 6.08 Å². The molecule has 0 N–H and O–H groups in total. The fraction of sp³-hybridized carbons (Fsp3) is 0.263. The molecule has 3 aromatic rings. The zero-order valence-corrected chi connectivity index (χ0v) is 15.9. The third kappa shape index (κ3) is 4.31. The van der Waals surface area contributed by atoms with E-state index in [4.69, 9.17) is 16.3 Å². The molecular formula is C19H18ClFN4O2. The third-order valence-corrected chi connectivity index (χ3v) is 4.17. The van der Waals surface area contributed by atoms with Crippen LogP contribution < -0.4 is 10.3 Å². The number of benzene rings is 1. The maximum Gasteiger partial charge on any atom is 0.308 e. The highest BCUT2D eigenvalue weighted by Gasteiger charge is 2.20. The van der Waals surface area contributed by atoms with E-state index in [1.807, 2.05) is 45.0 Å². The topological polar surface area (TPSA) is 69.9 Å². The average Bonchev–Trinajstić information content (AvgIpc) is 2.63. The molecule has 2 aromatic heterocycles. The Morgan fingerprint density at radius 1 is 1.07 bits per heavy atom. The van der Waals surface area contributed by atoms with Gasteiger partial charge < -0.3 is 4.74 Å². The Morgan fingerprint density at radius 2 is 1.70 bits per heavy atom. The summed E-state index contributed by atoms with van der Waals surface area (Å²) < 4.78 is 19.8. The molecule has 2 heterocycles. The van der Waals surface area contributed by atoms with Gasteiger partial charge in [-0.3, -0.25) is 4.79 Å². The van der Waals surface area contributed by atoms with E-state index >= 15 is 0 Å². The van der Waals surface area contributed by atoms with Crippen molar-refractivity contribution in [1.82, 2.24) is 19.7 Å². The van der Waals surface area contributed by atoms with Gasteiger partial charge in [-0.15, -0.1) is 0 Å². The average molecular weight is 389 g/mol. The smallest absolute Gasteiger partial charge is 0.308 e. The molecule has 0 saturated heterocycles. The van der Waals surface area contributed by atoms with Crippen molar-refractivity contribution in [3.63, 3.8) is 0 Å². The summed E-state index contributed by atoms with van der Waals surface area (Å²) in [5.74, 6) is 0.234. The van der Waals surface area contributed by atoms with E-state index in [1.54, 1.807) is 0 Å². The van der Waals surface area contributed by atoms with Gasteiger partial charge in [0.15, 0.2) is 10.8 Å². The van der Waals surface area contributed by atoms with E-state index in [0.717, 1.165) is 11.1 Å². The number of ether oxygens (including phenoxy) is 1. The highest BCUT2D eigenvalue weighted by molar-refractivity contribution is 6.31. The first kappa shape index (κ1) is 19.0. The lowest BCUT2D eigenvalue weighted by atomic mass is 10.1. The van der Waals surface area contributed by atoms with E-state index in [9.17, 15) is 9.18 Å². The zero-order chi connectivity index (χ0) is 19.6. The van der Waals surface area contributed by atoms with Crippen LogP contribution in [0.2, 0.25) is 5.02 Å². The summed E-state index contributed by atoms with van der Waals surface area (Å²) in [4.78, 5) is 19.4. The van der Waals surface area contributed by atoms with Crippen molar-refractivity contribution in [3.05, 3.63) is 69.9 Å². The van der Waals surface area contributed by atoms with Crippen LogP contribution in [0.1, 0.15) is 26.3 Å². The predicted molar refractivity (Wildman–Crippen MR) is 100 cm³/mol. The fourth-order valence-corrected chi connectivity index (χ4v) is 2.60. The van der Waals surface area contributed by atoms with Crippen molar-refractivity contribution in [2.45, 2.75) is 32.9 Å². The highest BCUT2D eigenvalue weighted by atomic mass is 35.5. The van der Waals surface area contributed by atoms with Crippen LogP contribution in [0.3, 0.4) is 0 Å². The predicted octanol–water partition coefficient (Wildman–Crippen LogP) is 3.83. The van der Waals surface area contributed by atoms with Crippen molar-refractivity contribution < 1.29 is 9.13 Å². The molecule has 0 amide bonds. The second-order valence-electron chi connectivity index (χ2n) is 6.94. The molecule has 3 rings (SSSR count). The molecule has 0 atom stereocenters. The zero-order valence-electron chi connectivity index (χ0n) is 15.1. The SMILES string of the molecule is CC(C)(C)n1ncc(OCc2ccc(-c3cnc(F)nc3)cc2)c(Cl)c1=O. The molecule has 0 aliphatic carbocycles. The first-order chi connectivity index (χ1) is 12.8. The van der Waals surface area contributed by atoms with Gasteiger partial charge in [0, 0.05) is 18.0 Å². The minimum absolute atomic E-state index is 0.00000565. The van der Waals surface area contributed by atoms with Crippen molar-refractivity contribution in [2.24, 2.45) is 0 Å². The molecule has 0 aliphatic heterocycles. The molecule has 140 valence electrons. The van der Waals surface area contributed by atoms with E-state index in [0.29, 0.717) is 5.56 Å². The monoisotopic (exact) mass is 388 g/mol. The van der Waals surface area contributed by atoms with E-state index in [1.165, 1.54) is 23.3 Å². The molecule has 8 heteroatoms. The number of hydrogen-bond acceptors (Lipinski definition) is 5. The minimum atomic E-state index is -0.761. The highest BCUT2D eigenvalue weighted by Crippen LogP contribution is 2.23. The summed E-state index contributed by atoms with van der Waals surface area (Å²) in [6.07, 6.45) is 3.52. The van der Waals surface area contributed by atoms with Gasteiger partial charge in [0.1, 0.15) is 6.61 Å². The number of hydrogen-bond donors (Lipinski definition) is 0. The number of nitrogens with zero attached hydrogens (tertiary/aromatic N) is 4. The number of rotatable bonds is 4. The Kier molecular flexibility index (Phi) is 5.23. The summed E-state index contributed by atoms with van der Waals surface area (Å²) in [5.41, 5.74) is 1.57. The van der Waals surface area contributed by atoms with Gasteiger partial charge in [0.05, 0.1) is 11.7 Å². The Bertz CT molecular complexity index is 996. The molecular weight excluding hydrogens is 371 g/mol. The summed E-state index contributed by atoms with van der Waals surface area (Å²) >= 11 is 6.15. The molecule has 0 unspecified atom stereocenters. The van der Waals surface area contributed by atoms with Crippen molar-refractivity contribution >= 4 is 11.6 Å². The van der Waals surface area contributed by atoms with Crippen LogP contribution >= 0.6 is 11.6 Å². The largest absolute Gasteiger partial charge is 0.485 e. The maximum absolute atomic E-state index is 12.8. The molecule has 0 radical (unpaired) electrons. The summed E-state index contributed by atoms with van der Waals surface area (Å²) in [7, 11) is 0. The van der Waals surface area contributed by atoms with Crippen LogP contribution in [0.5, 0.6) is 5.75 Å². The van der Waals surface area contributed by atoms with Crippen molar-refractivity contribution in [3.8, 4) is 16.9 Å². The lowest BCUT2D eigenvalue weighted by Gasteiger charge is -2.21. The number of aromatic nitrogens is 4. The van der Waals surface area contributed by atoms with Crippen LogP contribution in [0.4, 0.5) is 4.39 Å². The molecule has 0 bridgehead atoms. The Labute approximate surface area is 160 Å². The molecule has 1 aromatic carbocycles. The van der Waals surface area contributed by atoms with Crippen LogP contribution in [0.15, 0.2) is 47.7 Å². The first-order valence-corrected chi connectivity index (χ1v) is 8.61. The lowest BCUT2D eigenvalue weighted by molar-refractivity contribution is 0.292. The number of halogens is 2. The van der Waals surface area contributed by atoms with Crippen molar-refractivity contribution in [2.75, 3.05) is 0 Å². The quantitative estimate of drug-likeness (QED) is 0.635. The second kappa shape index (κ2) is 7.44. The molecule has 0 fully saturated rings. The van der Waals surface area contributed by atoms with E-state index < -0.39 is 17.2 Å². The molecule has 0 saturated carbocycles. The van der Waals surface area contributed by atoms with Crippen LogP contribution in [-0.2, 0) is 12.1 Å². The molecule has 0 spiro atoms. The third-order valence-electron chi connectivity index (χ3n) is 3.82. The standard InChI is InChI=1S/C19H18ClFN4O2/c1-19(2,3)25-17(26)16(20)15(10-24-25)27-11-12-4-6-13(7-5-12)14-8-22-18(21)23-9-14/h4-10H,11H2,1-3H3. The van der Waals surface area contributed by atoms with Gasteiger partial charge in [-0.2, -0.15) is 9.49 Å². The Morgan fingerprint density at radius 3 is 2.30 bits per heavy atom. The fourth-order valence-electron chi connectivity index (χ4n) is 2.41. The Balaban J connectivity index is 1.73. The summed E-state index contributed by atoms with van der Waals surface area (Å²) in [6, 6.07) is 7.42. The summed E-state index contributed by atoms with van der Waals surface area (Å²) in [5, 5.41) is 4.13. The molecule has 0 aliphatic rings. The van der Waals surface area contributed by atoms with Gasteiger partial charge in [0.2, 0.25) is 0 Å². The molecule has 6 nitrogen and oxygen atoms in total. The van der Waals surface area contributed by atoms with Crippen LogP contribution in [-0.4, -0.2) is 19.7 Å². The van der Waals surface area contributed by atoms with E-state index in [-0.39, 0.29) is 17.4 Å². The maximum atomic E-state index is 12.8. The van der Waals surface area contributed by atoms with Gasteiger partial charge in [-0.1, -0.05) is 35.9 Å². The van der Waals surface area contributed by atoms with E-state index in [2.05, 4.69) is 15.1 Å². The van der Waals surface area contributed by atoms with Crippen LogP contribution in [0.25, 0.3) is 11.1 Å². The van der Waals surface area contributed by atoms with Gasteiger partial charge in [-0.25, -0.2) is 14.6 Å².